The van der Waals surface area contributed by atoms with E-state index in [9.17, 15) is 0 Å². The Bertz CT molecular complexity index is 552. The molecule has 1 aromatic heterocycles. The fourth-order valence-electron chi connectivity index (χ4n) is 1.91. The molecule has 0 aliphatic carbocycles. The molecule has 0 spiro atoms. The van der Waals surface area contributed by atoms with Gasteiger partial charge in [0.25, 0.3) is 0 Å². The van der Waals surface area contributed by atoms with Gasteiger partial charge in [-0.15, -0.1) is 0 Å². The van der Waals surface area contributed by atoms with E-state index in [0.29, 0.717) is 11.7 Å². The number of hydrogen-bond donors (Lipinski definition) is 1. The smallest absolute Gasteiger partial charge is 0.226 e. The molecule has 0 amide bonds. The monoisotopic (exact) mass is 275 g/mol. The van der Waals surface area contributed by atoms with Gasteiger partial charge in [0.05, 0.1) is 12.1 Å². The third-order valence-electron chi connectivity index (χ3n) is 2.81. The van der Waals surface area contributed by atoms with Gasteiger partial charge in [0.2, 0.25) is 5.89 Å². The van der Waals surface area contributed by atoms with Crippen LogP contribution in [0.3, 0.4) is 0 Å². The second kappa shape index (κ2) is 6.52. The Hall–Kier alpha value is -1.88. The zero-order valence-corrected chi connectivity index (χ0v) is 12.2. The minimum absolute atomic E-state index is 0.128. The molecule has 1 unspecified atom stereocenters. The summed E-state index contributed by atoms with van der Waals surface area (Å²) in [6.45, 7) is 6.04. The molecule has 2 N–H and O–H groups in total. The average molecular weight is 275 g/mol. The maximum atomic E-state index is 6.18. The molecule has 2 rings (SSSR count). The first-order chi connectivity index (χ1) is 9.60. The number of ether oxygens (including phenoxy) is 1. The number of aromatic nitrogens is 2. The maximum absolute atomic E-state index is 6.18. The standard InChI is InChI=1S/C15H21N3O2/c1-4-6-13-17-15(18-20-13)14(16)11-7-5-8-12(9-11)19-10(2)3/h5,7-10,14H,4,6,16H2,1-3H3. The summed E-state index contributed by atoms with van der Waals surface area (Å²) >= 11 is 0. The van der Waals surface area contributed by atoms with E-state index in [-0.39, 0.29) is 6.10 Å². The molecule has 20 heavy (non-hydrogen) atoms. The lowest BCUT2D eigenvalue weighted by Gasteiger charge is -2.12. The quantitative estimate of drug-likeness (QED) is 0.877. The largest absolute Gasteiger partial charge is 0.491 e. The van der Waals surface area contributed by atoms with Crippen molar-refractivity contribution in [1.29, 1.82) is 0 Å². The maximum Gasteiger partial charge on any atom is 0.226 e. The van der Waals surface area contributed by atoms with Gasteiger partial charge in [-0.3, -0.25) is 0 Å². The van der Waals surface area contributed by atoms with Crippen molar-refractivity contribution in [3.63, 3.8) is 0 Å². The number of benzene rings is 1. The van der Waals surface area contributed by atoms with Gasteiger partial charge in [0.15, 0.2) is 5.82 Å². The van der Waals surface area contributed by atoms with Crippen LogP contribution in [0, 0.1) is 0 Å². The highest BCUT2D eigenvalue weighted by atomic mass is 16.5. The van der Waals surface area contributed by atoms with Crippen LogP contribution in [-0.4, -0.2) is 16.2 Å². The molecule has 2 aromatic rings. The van der Waals surface area contributed by atoms with Crippen LogP contribution in [0.5, 0.6) is 5.75 Å². The predicted octanol–water partition coefficient (Wildman–Crippen LogP) is 2.86. The van der Waals surface area contributed by atoms with Gasteiger partial charge in [-0.1, -0.05) is 24.2 Å². The second-order valence-corrected chi connectivity index (χ2v) is 5.01. The van der Waals surface area contributed by atoms with Crippen molar-refractivity contribution >= 4 is 0 Å². The van der Waals surface area contributed by atoms with Crippen LogP contribution in [0.15, 0.2) is 28.8 Å². The Morgan fingerprint density at radius 2 is 2.15 bits per heavy atom. The predicted molar refractivity (Wildman–Crippen MR) is 76.5 cm³/mol. The molecule has 5 heteroatoms. The normalized spacial score (nSPS) is 12.7. The lowest BCUT2D eigenvalue weighted by molar-refractivity contribution is 0.242. The molecule has 108 valence electrons. The first kappa shape index (κ1) is 14.5. The van der Waals surface area contributed by atoms with Gasteiger partial charge in [-0.05, 0) is 38.0 Å². The summed E-state index contributed by atoms with van der Waals surface area (Å²) in [4.78, 5) is 4.32. The van der Waals surface area contributed by atoms with Crippen molar-refractivity contribution in [3.8, 4) is 5.75 Å². The molecule has 5 nitrogen and oxygen atoms in total. The summed E-state index contributed by atoms with van der Waals surface area (Å²) < 4.78 is 10.8. The first-order valence-electron chi connectivity index (χ1n) is 6.94. The van der Waals surface area contributed by atoms with Gasteiger partial charge >= 0.3 is 0 Å². The number of nitrogens with two attached hydrogens (primary N) is 1. The first-order valence-corrected chi connectivity index (χ1v) is 6.94. The third-order valence-corrected chi connectivity index (χ3v) is 2.81. The molecule has 1 atom stereocenters. The Morgan fingerprint density at radius 1 is 1.35 bits per heavy atom. The lowest BCUT2D eigenvalue weighted by Crippen LogP contribution is -2.14. The number of hydrogen-bond acceptors (Lipinski definition) is 5. The Labute approximate surface area is 119 Å². The minimum atomic E-state index is -0.403. The highest BCUT2D eigenvalue weighted by Crippen LogP contribution is 2.22. The van der Waals surface area contributed by atoms with E-state index >= 15 is 0 Å². The van der Waals surface area contributed by atoms with E-state index in [2.05, 4.69) is 17.1 Å². The van der Waals surface area contributed by atoms with Crippen molar-refractivity contribution in [3.05, 3.63) is 41.5 Å². The van der Waals surface area contributed by atoms with Crippen molar-refractivity contribution in [2.24, 2.45) is 5.73 Å². The van der Waals surface area contributed by atoms with E-state index in [1.54, 1.807) is 0 Å². The molecule has 0 saturated heterocycles. The fourth-order valence-corrected chi connectivity index (χ4v) is 1.91. The van der Waals surface area contributed by atoms with Crippen LogP contribution in [0.25, 0.3) is 0 Å². The van der Waals surface area contributed by atoms with Crippen LogP contribution in [-0.2, 0) is 6.42 Å². The van der Waals surface area contributed by atoms with E-state index < -0.39 is 6.04 Å². The molecule has 0 aliphatic rings. The SMILES string of the molecule is CCCc1nc(C(N)c2cccc(OC(C)C)c2)no1. The zero-order chi connectivity index (χ0) is 14.5. The summed E-state index contributed by atoms with van der Waals surface area (Å²) in [5.41, 5.74) is 7.09. The molecule has 0 bridgehead atoms. The van der Waals surface area contributed by atoms with Crippen LogP contribution < -0.4 is 10.5 Å². The number of rotatable bonds is 6. The van der Waals surface area contributed by atoms with Crippen molar-refractivity contribution in [1.82, 2.24) is 10.1 Å². The molecule has 0 saturated carbocycles. The second-order valence-electron chi connectivity index (χ2n) is 5.01. The van der Waals surface area contributed by atoms with E-state index in [1.807, 2.05) is 38.1 Å². The van der Waals surface area contributed by atoms with Crippen molar-refractivity contribution in [2.45, 2.75) is 45.8 Å². The molecular weight excluding hydrogens is 254 g/mol. The number of nitrogens with zero attached hydrogens (tertiary/aromatic N) is 2. The summed E-state index contributed by atoms with van der Waals surface area (Å²) in [5.74, 6) is 1.94. The van der Waals surface area contributed by atoms with Crippen molar-refractivity contribution < 1.29 is 9.26 Å². The van der Waals surface area contributed by atoms with Crippen LogP contribution >= 0.6 is 0 Å². The summed E-state index contributed by atoms with van der Waals surface area (Å²) in [6.07, 6.45) is 1.87. The molecule has 0 fully saturated rings. The van der Waals surface area contributed by atoms with Gasteiger partial charge in [0, 0.05) is 6.42 Å². The highest BCUT2D eigenvalue weighted by Gasteiger charge is 2.16. The molecule has 0 radical (unpaired) electrons. The van der Waals surface area contributed by atoms with Crippen LogP contribution in [0.4, 0.5) is 0 Å². The summed E-state index contributed by atoms with van der Waals surface area (Å²) in [5, 5.41) is 3.95. The minimum Gasteiger partial charge on any atom is -0.491 e. The lowest BCUT2D eigenvalue weighted by atomic mass is 10.1. The summed E-state index contributed by atoms with van der Waals surface area (Å²) in [7, 11) is 0. The van der Waals surface area contributed by atoms with Crippen LogP contribution in [0.1, 0.15) is 50.5 Å². The average Bonchev–Trinajstić information content (AvgIpc) is 2.86. The molecule has 0 aliphatic heterocycles. The summed E-state index contributed by atoms with van der Waals surface area (Å²) in [6, 6.07) is 7.28. The third kappa shape index (κ3) is 3.57. The fraction of sp³-hybridized carbons (Fsp3) is 0.467. The molecular formula is C15H21N3O2. The van der Waals surface area contributed by atoms with Crippen molar-refractivity contribution in [2.75, 3.05) is 0 Å². The van der Waals surface area contributed by atoms with E-state index in [0.717, 1.165) is 24.2 Å². The van der Waals surface area contributed by atoms with E-state index in [1.165, 1.54) is 0 Å². The molecule has 1 heterocycles. The molecule has 1 aromatic carbocycles. The van der Waals surface area contributed by atoms with Gasteiger partial charge in [0.1, 0.15) is 5.75 Å². The topological polar surface area (TPSA) is 74.2 Å². The van der Waals surface area contributed by atoms with Gasteiger partial charge in [-0.25, -0.2) is 0 Å². The van der Waals surface area contributed by atoms with E-state index in [4.69, 9.17) is 15.0 Å². The van der Waals surface area contributed by atoms with Crippen LogP contribution in [0.2, 0.25) is 0 Å². The Morgan fingerprint density at radius 3 is 2.85 bits per heavy atom. The highest BCUT2D eigenvalue weighted by molar-refractivity contribution is 5.33. The Balaban J connectivity index is 2.16. The van der Waals surface area contributed by atoms with Gasteiger partial charge in [-0.2, -0.15) is 4.98 Å². The zero-order valence-electron chi connectivity index (χ0n) is 12.2. The van der Waals surface area contributed by atoms with Gasteiger partial charge < -0.3 is 15.0 Å². The Kier molecular flexibility index (Phi) is 4.74. The number of aryl methyl sites for hydroxylation is 1.